The van der Waals surface area contributed by atoms with E-state index in [1.54, 1.807) is 30.1 Å². The van der Waals surface area contributed by atoms with Crippen LogP contribution < -0.4 is 11.3 Å². The molecule has 2 rings (SSSR count). The fraction of sp³-hybridized carbons (Fsp3) is 0.200. The summed E-state index contributed by atoms with van der Waals surface area (Å²) in [6.07, 6.45) is 0. The lowest BCUT2D eigenvalue weighted by Gasteiger charge is -2.25. The van der Waals surface area contributed by atoms with Gasteiger partial charge in [-0.15, -0.1) is 0 Å². The SMILES string of the molecule is CC(c1cccc(N)c1)N(C)C(=O)c1cccc(=O)[nH]1. The maximum Gasteiger partial charge on any atom is 0.270 e. The van der Waals surface area contributed by atoms with E-state index in [2.05, 4.69) is 4.98 Å². The molecule has 1 aromatic carbocycles. The van der Waals surface area contributed by atoms with Gasteiger partial charge in [-0.3, -0.25) is 9.59 Å². The Morgan fingerprint density at radius 1 is 1.25 bits per heavy atom. The number of carbonyl (C=O) groups excluding carboxylic acids is 1. The Kier molecular flexibility index (Phi) is 3.89. The minimum absolute atomic E-state index is 0.144. The summed E-state index contributed by atoms with van der Waals surface area (Å²) >= 11 is 0. The van der Waals surface area contributed by atoms with E-state index in [9.17, 15) is 9.59 Å². The van der Waals surface area contributed by atoms with Gasteiger partial charge in [0.1, 0.15) is 5.69 Å². The topological polar surface area (TPSA) is 79.2 Å². The van der Waals surface area contributed by atoms with Crippen molar-refractivity contribution in [3.63, 3.8) is 0 Å². The third kappa shape index (κ3) is 2.88. The standard InChI is InChI=1S/C15H17N3O2/c1-10(11-5-3-6-12(16)9-11)18(2)15(20)13-7-4-8-14(19)17-13/h3-10H,16H2,1-2H3,(H,17,19). The number of hydrogen-bond acceptors (Lipinski definition) is 3. The smallest absolute Gasteiger partial charge is 0.270 e. The van der Waals surface area contributed by atoms with Crippen molar-refractivity contribution in [2.45, 2.75) is 13.0 Å². The van der Waals surface area contributed by atoms with Gasteiger partial charge in [0, 0.05) is 18.8 Å². The van der Waals surface area contributed by atoms with Crippen LogP contribution in [0.2, 0.25) is 0 Å². The molecule has 104 valence electrons. The third-order valence-corrected chi connectivity index (χ3v) is 3.29. The lowest BCUT2D eigenvalue weighted by molar-refractivity contribution is 0.0736. The molecule has 2 aromatic rings. The van der Waals surface area contributed by atoms with Crippen molar-refractivity contribution in [1.29, 1.82) is 0 Å². The predicted molar refractivity (Wildman–Crippen MR) is 78.4 cm³/mol. The maximum absolute atomic E-state index is 12.3. The number of nitrogens with two attached hydrogens (primary N) is 1. The second-order valence-electron chi connectivity index (χ2n) is 4.69. The normalized spacial score (nSPS) is 11.9. The number of nitrogen functional groups attached to an aromatic ring is 1. The van der Waals surface area contributed by atoms with Gasteiger partial charge in [0.2, 0.25) is 5.56 Å². The highest BCUT2D eigenvalue weighted by molar-refractivity contribution is 5.92. The molecule has 0 spiro atoms. The molecule has 0 bridgehead atoms. The van der Waals surface area contributed by atoms with Gasteiger partial charge in [-0.25, -0.2) is 0 Å². The van der Waals surface area contributed by atoms with Crippen LogP contribution in [0.5, 0.6) is 0 Å². The summed E-state index contributed by atoms with van der Waals surface area (Å²) < 4.78 is 0. The van der Waals surface area contributed by atoms with E-state index in [1.165, 1.54) is 6.07 Å². The Morgan fingerprint density at radius 2 is 1.95 bits per heavy atom. The van der Waals surface area contributed by atoms with Gasteiger partial charge >= 0.3 is 0 Å². The Labute approximate surface area is 117 Å². The first kappa shape index (κ1) is 13.9. The molecule has 1 atom stereocenters. The van der Waals surface area contributed by atoms with Crippen LogP contribution in [0.3, 0.4) is 0 Å². The van der Waals surface area contributed by atoms with Crippen LogP contribution in [-0.2, 0) is 0 Å². The number of hydrogen-bond donors (Lipinski definition) is 2. The van der Waals surface area contributed by atoms with E-state index >= 15 is 0 Å². The van der Waals surface area contributed by atoms with Crippen LogP contribution in [0.4, 0.5) is 5.69 Å². The van der Waals surface area contributed by atoms with Gasteiger partial charge in [0.05, 0.1) is 6.04 Å². The molecule has 1 unspecified atom stereocenters. The van der Waals surface area contributed by atoms with Crippen molar-refractivity contribution in [2.75, 3.05) is 12.8 Å². The molecular formula is C15H17N3O2. The highest BCUT2D eigenvalue weighted by Crippen LogP contribution is 2.21. The lowest BCUT2D eigenvalue weighted by Crippen LogP contribution is -2.31. The number of rotatable bonds is 3. The van der Waals surface area contributed by atoms with Gasteiger partial charge in [-0.05, 0) is 30.7 Å². The Morgan fingerprint density at radius 3 is 2.60 bits per heavy atom. The molecule has 5 heteroatoms. The molecule has 0 saturated heterocycles. The van der Waals surface area contributed by atoms with Gasteiger partial charge in [-0.2, -0.15) is 0 Å². The molecule has 0 aliphatic heterocycles. The second-order valence-corrected chi connectivity index (χ2v) is 4.69. The van der Waals surface area contributed by atoms with Crippen molar-refractivity contribution < 1.29 is 4.79 Å². The molecule has 1 amide bonds. The zero-order chi connectivity index (χ0) is 14.7. The molecule has 0 radical (unpaired) electrons. The van der Waals surface area contributed by atoms with Crippen molar-refractivity contribution in [1.82, 2.24) is 9.88 Å². The van der Waals surface area contributed by atoms with Crippen LogP contribution in [0.15, 0.2) is 47.3 Å². The quantitative estimate of drug-likeness (QED) is 0.835. The highest BCUT2D eigenvalue weighted by Gasteiger charge is 2.19. The monoisotopic (exact) mass is 271 g/mol. The number of aromatic nitrogens is 1. The van der Waals surface area contributed by atoms with Crippen molar-refractivity contribution >= 4 is 11.6 Å². The van der Waals surface area contributed by atoms with Crippen molar-refractivity contribution in [3.05, 3.63) is 64.1 Å². The summed E-state index contributed by atoms with van der Waals surface area (Å²) in [7, 11) is 1.70. The molecule has 20 heavy (non-hydrogen) atoms. The summed E-state index contributed by atoms with van der Waals surface area (Å²) in [5, 5.41) is 0. The van der Waals surface area contributed by atoms with Crippen molar-refractivity contribution in [2.24, 2.45) is 0 Å². The van der Waals surface area contributed by atoms with E-state index in [0.717, 1.165) is 5.56 Å². The zero-order valence-corrected chi connectivity index (χ0v) is 11.5. The number of nitrogens with zero attached hydrogens (tertiary/aromatic N) is 1. The molecule has 3 N–H and O–H groups in total. The number of H-pyrrole nitrogens is 1. The molecule has 5 nitrogen and oxygen atoms in total. The summed E-state index contributed by atoms with van der Waals surface area (Å²) in [5.41, 5.74) is 7.34. The summed E-state index contributed by atoms with van der Waals surface area (Å²) in [6, 6.07) is 11.8. The fourth-order valence-electron chi connectivity index (χ4n) is 1.98. The molecule has 0 fully saturated rings. The van der Waals surface area contributed by atoms with Crippen LogP contribution in [0, 0.1) is 0 Å². The van der Waals surface area contributed by atoms with E-state index in [0.29, 0.717) is 5.69 Å². The first-order valence-electron chi connectivity index (χ1n) is 6.31. The summed E-state index contributed by atoms with van der Waals surface area (Å²) in [5.74, 6) is -0.238. The number of nitrogens with one attached hydrogen (secondary N) is 1. The van der Waals surface area contributed by atoms with Gasteiger partial charge < -0.3 is 15.6 Å². The first-order valence-corrected chi connectivity index (χ1v) is 6.31. The van der Waals surface area contributed by atoms with Crippen LogP contribution in [0.25, 0.3) is 0 Å². The van der Waals surface area contributed by atoms with E-state index in [-0.39, 0.29) is 23.2 Å². The largest absolute Gasteiger partial charge is 0.399 e. The number of benzene rings is 1. The molecular weight excluding hydrogens is 254 g/mol. The summed E-state index contributed by atoms with van der Waals surface area (Å²) in [6.45, 7) is 1.91. The Hall–Kier alpha value is -2.56. The minimum atomic E-state index is -0.291. The highest BCUT2D eigenvalue weighted by atomic mass is 16.2. The molecule has 0 aliphatic carbocycles. The molecule has 0 saturated carbocycles. The number of anilines is 1. The Bertz CT molecular complexity index is 679. The molecule has 1 aromatic heterocycles. The molecule has 0 aliphatic rings. The Balaban J connectivity index is 2.24. The molecule has 1 heterocycles. The number of aromatic amines is 1. The number of amides is 1. The van der Waals surface area contributed by atoms with Crippen LogP contribution in [0.1, 0.15) is 29.0 Å². The number of pyridine rings is 1. The van der Waals surface area contributed by atoms with Crippen molar-refractivity contribution in [3.8, 4) is 0 Å². The van der Waals surface area contributed by atoms with Crippen LogP contribution >= 0.6 is 0 Å². The predicted octanol–water partition coefficient (Wildman–Crippen LogP) is 1.79. The third-order valence-electron chi connectivity index (χ3n) is 3.29. The lowest BCUT2D eigenvalue weighted by atomic mass is 10.1. The zero-order valence-electron chi connectivity index (χ0n) is 11.5. The van der Waals surface area contributed by atoms with E-state index in [4.69, 9.17) is 5.73 Å². The van der Waals surface area contributed by atoms with Gasteiger partial charge in [0.15, 0.2) is 0 Å². The van der Waals surface area contributed by atoms with E-state index in [1.807, 2.05) is 25.1 Å². The van der Waals surface area contributed by atoms with Gasteiger partial charge in [0.25, 0.3) is 5.91 Å². The minimum Gasteiger partial charge on any atom is -0.399 e. The summed E-state index contributed by atoms with van der Waals surface area (Å²) in [4.78, 5) is 27.7. The fourth-order valence-corrected chi connectivity index (χ4v) is 1.98. The second kappa shape index (κ2) is 5.61. The average Bonchev–Trinajstić information content (AvgIpc) is 2.45. The first-order chi connectivity index (χ1) is 9.49. The van der Waals surface area contributed by atoms with Crippen LogP contribution in [-0.4, -0.2) is 22.8 Å². The average molecular weight is 271 g/mol. The van der Waals surface area contributed by atoms with Gasteiger partial charge in [-0.1, -0.05) is 18.2 Å². The van der Waals surface area contributed by atoms with E-state index < -0.39 is 0 Å². The maximum atomic E-state index is 12.3. The number of carbonyl (C=O) groups is 1.